The van der Waals surface area contributed by atoms with Crippen LogP contribution in [0.2, 0.25) is 0 Å². The van der Waals surface area contributed by atoms with Gasteiger partial charge >= 0.3 is 11.9 Å². The number of nitriles is 2. The van der Waals surface area contributed by atoms with E-state index in [1.165, 1.54) is 102 Å². The van der Waals surface area contributed by atoms with Crippen LogP contribution in [0, 0.1) is 29.0 Å². The van der Waals surface area contributed by atoms with E-state index >= 15 is 0 Å². The molecule has 11 nitrogen and oxygen atoms in total. The number of aliphatic imine (C=N–C) groups is 1. The fourth-order valence-electron chi connectivity index (χ4n) is 5.61. The van der Waals surface area contributed by atoms with Crippen molar-refractivity contribution < 1.29 is 38.4 Å². The van der Waals surface area contributed by atoms with Crippen LogP contribution in [0.15, 0.2) is 53.5 Å². The third kappa shape index (κ3) is 24.2. The van der Waals surface area contributed by atoms with Crippen molar-refractivity contribution in [1.82, 2.24) is 0 Å². The van der Waals surface area contributed by atoms with Gasteiger partial charge in [0.05, 0.1) is 19.1 Å². The Bertz CT molecular complexity index is 1380. The molecule has 0 amide bonds. The van der Waals surface area contributed by atoms with Crippen LogP contribution in [0.1, 0.15) is 128 Å². The van der Waals surface area contributed by atoms with Crippen LogP contribution >= 0.6 is 0 Å². The van der Waals surface area contributed by atoms with Crippen molar-refractivity contribution in [1.29, 1.82) is 10.5 Å². The number of carbonyl (C=O) groups is 2. The van der Waals surface area contributed by atoms with Crippen molar-refractivity contribution >= 4 is 18.0 Å². The van der Waals surface area contributed by atoms with Crippen LogP contribution < -0.4 is 9.47 Å². The van der Waals surface area contributed by atoms with Crippen LogP contribution in [0.4, 0.5) is 0 Å². The second-order valence-electron chi connectivity index (χ2n) is 13.1. The number of unbranched alkanes of at least 4 members (excludes halogenated alkanes) is 15. The van der Waals surface area contributed by atoms with Gasteiger partial charge in [-0.2, -0.15) is 4.99 Å². The maximum atomic E-state index is 12.2. The van der Waals surface area contributed by atoms with E-state index in [0.717, 1.165) is 18.4 Å². The molecule has 290 valence electrons. The monoisotopic (exact) mass is 733 g/mol. The first-order valence-corrected chi connectivity index (χ1v) is 19.2. The molecular formula is C42H59N3O8. The minimum Gasteiger partial charge on any atom is -0.465 e. The number of ether oxygens (including phenoxy) is 4. The first-order valence-electron chi connectivity index (χ1n) is 19.2. The summed E-state index contributed by atoms with van der Waals surface area (Å²) >= 11 is 0. The molecule has 0 aliphatic heterocycles. The number of benzene rings is 2. The fourth-order valence-corrected chi connectivity index (χ4v) is 5.61. The van der Waals surface area contributed by atoms with Crippen molar-refractivity contribution in [2.45, 2.75) is 135 Å². The fraction of sp³-hybridized carbons (Fsp3) is 0.595. The average Bonchev–Trinajstić information content (AvgIpc) is 3.16. The average molecular weight is 734 g/mol. The number of nitrogens with zero attached hydrogens (tertiary/aromatic N) is 3. The molecule has 0 radical (unpaired) electrons. The van der Waals surface area contributed by atoms with Gasteiger partial charge < -0.3 is 24.1 Å². The highest BCUT2D eigenvalue weighted by molar-refractivity contribution is 5.77. The van der Waals surface area contributed by atoms with Crippen molar-refractivity contribution in [3.63, 3.8) is 0 Å². The van der Waals surface area contributed by atoms with Crippen LogP contribution in [-0.2, 0) is 36.7 Å². The lowest BCUT2D eigenvalue weighted by molar-refractivity contribution is -0.148. The third-order valence-corrected chi connectivity index (χ3v) is 8.61. The summed E-state index contributed by atoms with van der Waals surface area (Å²) in [5.41, 5.74) is 1.74. The standard InChI is InChI=1S/C29H47NO3.C13H12N2O5/c1-3-4-5-6-7-8-9-10-11-12-13-14-15-16-17-18-23-32-29(31)26(2)24-27-19-21-28(22-20-27)33-25-30;14-8-20-11-3-1-10(2-4-11)7-12(15-9-17)13(18)19-6-5-16/h19-22,26H,3-18,23-24H2,1-2H3;1-4,12,16H,5-7H2. The molecule has 0 heterocycles. The molecular weight excluding hydrogens is 674 g/mol. The number of isocyanates is 1. The van der Waals surface area contributed by atoms with Gasteiger partial charge in [-0.25, -0.2) is 9.59 Å². The van der Waals surface area contributed by atoms with E-state index in [9.17, 15) is 14.4 Å². The lowest BCUT2D eigenvalue weighted by Crippen LogP contribution is -2.25. The molecule has 0 aromatic heterocycles. The van der Waals surface area contributed by atoms with Crippen molar-refractivity contribution in [2.24, 2.45) is 10.9 Å². The minimum atomic E-state index is -1.01. The molecule has 0 spiro atoms. The molecule has 0 saturated carbocycles. The Morgan fingerprint density at radius 3 is 1.47 bits per heavy atom. The number of aliphatic hydroxyl groups is 1. The molecule has 0 fully saturated rings. The Hall–Kier alpha value is -4.70. The SMILES string of the molecule is CCCCCCCCCCCCCCCCCCOC(=O)C(C)Cc1ccc(OC#N)cc1.N#COc1ccc(CC(N=C=O)C(=O)OCCO)cc1. The van der Waals surface area contributed by atoms with Gasteiger partial charge in [0.2, 0.25) is 6.08 Å². The highest BCUT2D eigenvalue weighted by Gasteiger charge is 2.20. The topological polar surface area (TPSA) is 168 Å². The van der Waals surface area contributed by atoms with E-state index in [0.29, 0.717) is 30.1 Å². The highest BCUT2D eigenvalue weighted by Crippen LogP contribution is 2.17. The lowest BCUT2D eigenvalue weighted by atomic mass is 10.0. The number of aliphatic hydroxyl groups excluding tert-OH is 1. The summed E-state index contributed by atoms with van der Waals surface area (Å²) in [5.74, 6) is -0.128. The largest absolute Gasteiger partial charge is 0.465 e. The molecule has 0 aliphatic carbocycles. The molecule has 2 atom stereocenters. The van der Waals surface area contributed by atoms with Gasteiger partial charge in [-0.3, -0.25) is 4.79 Å². The zero-order chi connectivity index (χ0) is 38.8. The number of hydrogen-bond donors (Lipinski definition) is 1. The Balaban J connectivity index is 0.000000598. The summed E-state index contributed by atoms with van der Waals surface area (Å²) in [6.07, 6.45) is 26.7. The molecule has 2 unspecified atom stereocenters. The quantitative estimate of drug-likeness (QED) is 0.0293. The smallest absolute Gasteiger partial charge is 0.332 e. The van der Waals surface area contributed by atoms with E-state index in [1.807, 2.05) is 19.1 Å². The summed E-state index contributed by atoms with van der Waals surface area (Å²) < 4.78 is 19.5. The molecule has 53 heavy (non-hydrogen) atoms. The van der Waals surface area contributed by atoms with Crippen LogP contribution in [0.3, 0.4) is 0 Å². The van der Waals surface area contributed by atoms with Crippen molar-refractivity contribution in [3.05, 3.63) is 59.7 Å². The zero-order valence-corrected chi connectivity index (χ0v) is 31.8. The predicted molar refractivity (Wildman–Crippen MR) is 202 cm³/mol. The van der Waals surface area contributed by atoms with Crippen molar-refractivity contribution in [3.8, 4) is 24.0 Å². The molecule has 2 rings (SSSR count). The first kappa shape index (κ1) is 46.3. The minimum absolute atomic E-state index is 0.131. The maximum absolute atomic E-state index is 12.2. The zero-order valence-electron chi connectivity index (χ0n) is 31.8. The first-order chi connectivity index (χ1) is 25.9. The summed E-state index contributed by atoms with van der Waals surface area (Å²) in [4.78, 5) is 37.5. The van der Waals surface area contributed by atoms with Gasteiger partial charge in [-0.15, -0.1) is 10.5 Å². The molecule has 0 bridgehead atoms. The van der Waals surface area contributed by atoms with Gasteiger partial charge in [0.1, 0.15) is 18.1 Å². The van der Waals surface area contributed by atoms with Gasteiger partial charge in [0.15, 0.2) is 6.04 Å². The third-order valence-electron chi connectivity index (χ3n) is 8.61. The van der Waals surface area contributed by atoms with E-state index < -0.39 is 12.0 Å². The van der Waals surface area contributed by atoms with Crippen LogP contribution in [0.25, 0.3) is 0 Å². The second-order valence-corrected chi connectivity index (χ2v) is 13.1. The Labute approximate surface area is 316 Å². The van der Waals surface area contributed by atoms with Crippen LogP contribution in [-0.4, -0.2) is 49.0 Å². The maximum Gasteiger partial charge on any atom is 0.332 e. The van der Waals surface area contributed by atoms with Crippen LogP contribution in [0.5, 0.6) is 11.5 Å². The van der Waals surface area contributed by atoms with E-state index in [2.05, 4.69) is 16.7 Å². The van der Waals surface area contributed by atoms with E-state index in [1.54, 1.807) is 42.7 Å². The molecule has 0 saturated heterocycles. The molecule has 1 N–H and O–H groups in total. The van der Waals surface area contributed by atoms with Gasteiger partial charge in [0, 0.05) is 6.42 Å². The van der Waals surface area contributed by atoms with Gasteiger partial charge in [0.25, 0.3) is 12.5 Å². The Kier molecular flexibility index (Phi) is 28.0. The Morgan fingerprint density at radius 1 is 0.642 bits per heavy atom. The Morgan fingerprint density at radius 2 is 1.06 bits per heavy atom. The summed E-state index contributed by atoms with van der Waals surface area (Å²) in [6, 6.07) is 12.6. The summed E-state index contributed by atoms with van der Waals surface area (Å²) in [7, 11) is 0. The summed E-state index contributed by atoms with van der Waals surface area (Å²) in [6.45, 7) is 4.24. The van der Waals surface area contributed by atoms with Crippen molar-refractivity contribution in [2.75, 3.05) is 19.8 Å². The number of esters is 2. The molecule has 0 aliphatic rings. The second kappa shape index (κ2) is 32.0. The van der Waals surface area contributed by atoms with Gasteiger partial charge in [-0.05, 0) is 48.2 Å². The number of rotatable bonds is 28. The molecule has 2 aromatic rings. The van der Waals surface area contributed by atoms with E-state index in [4.69, 9.17) is 29.8 Å². The number of hydrogen-bond acceptors (Lipinski definition) is 11. The van der Waals surface area contributed by atoms with Gasteiger partial charge in [-0.1, -0.05) is 134 Å². The lowest BCUT2D eigenvalue weighted by Gasteiger charge is -2.12. The normalized spacial score (nSPS) is 11.3. The number of carbonyl (C=O) groups excluding carboxylic acids is 3. The predicted octanol–water partition coefficient (Wildman–Crippen LogP) is 8.86. The highest BCUT2D eigenvalue weighted by atomic mass is 16.5. The molecule has 11 heteroatoms. The van der Waals surface area contributed by atoms with E-state index in [-0.39, 0.29) is 31.5 Å². The summed E-state index contributed by atoms with van der Waals surface area (Å²) in [5, 5.41) is 25.4. The molecule has 2 aromatic carbocycles.